The minimum absolute atomic E-state index is 0. The zero-order valence-corrected chi connectivity index (χ0v) is 17.9. The van der Waals surface area contributed by atoms with Gasteiger partial charge in [-0.2, -0.15) is 0 Å². The Morgan fingerprint density at radius 3 is 2.46 bits per heavy atom. The lowest BCUT2D eigenvalue weighted by Gasteiger charge is -2.22. The maximum Gasteiger partial charge on any atom is 0.260 e. The van der Waals surface area contributed by atoms with Crippen molar-refractivity contribution < 1.29 is 13.6 Å². The lowest BCUT2D eigenvalue weighted by atomic mass is 10.2. The number of thiazole rings is 1. The van der Waals surface area contributed by atoms with Crippen LogP contribution in [0.3, 0.4) is 0 Å². The van der Waals surface area contributed by atoms with E-state index in [4.69, 9.17) is 11.6 Å². The van der Waals surface area contributed by atoms with E-state index in [9.17, 15) is 13.6 Å². The highest BCUT2D eigenvalue weighted by molar-refractivity contribution is 7.23. The van der Waals surface area contributed by atoms with E-state index < -0.39 is 17.5 Å². The minimum atomic E-state index is -1.06. The standard InChI is InChI=1S/C19H18ClF2N3OS.ClH/c1-11-4-6-13(20)17-16(11)23-19(27-17)25(9-8-24(2)3)18(26)12-5-7-14(21)15(22)10-12;/h4-7,10H,8-9H2,1-3H3;1H. The summed E-state index contributed by atoms with van der Waals surface area (Å²) in [6.07, 6.45) is 0. The van der Waals surface area contributed by atoms with Crippen LogP contribution in [-0.2, 0) is 0 Å². The first-order valence-electron chi connectivity index (χ1n) is 8.25. The van der Waals surface area contributed by atoms with Gasteiger partial charge in [0.05, 0.1) is 15.2 Å². The molecule has 0 aliphatic rings. The number of hydrogen-bond donors (Lipinski definition) is 0. The first-order chi connectivity index (χ1) is 12.8. The van der Waals surface area contributed by atoms with Crippen LogP contribution in [0.1, 0.15) is 15.9 Å². The van der Waals surface area contributed by atoms with Crippen LogP contribution in [0.4, 0.5) is 13.9 Å². The van der Waals surface area contributed by atoms with Gasteiger partial charge in [0.25, 0.3) is 5.91 Å². The summed E-state index contributed by atoms with van der Waals surface area (Å²) in [6, 6.07) is 6.80. The second kappa shape index (κ2) is 9.13. The molecular formula is C19H19Cl2F2N3OS. The highest BCUT2D eigenvalue weighted by Crippen LogP contribution is 2.36. The Kier molecular flexibility index (Phi) is 7.33. The third-order valence-electron chi connectivity index (χ3n) is 4.10. The third-order valence-corrected chi connectivity index (χ3v) is 5.64. The van der Waals surface area contributed by atoms with Gasteiger partial charge in [0, 0.05) is 18.7 Å². The number of nitrogens with zero attached hydrogens (tertiary/aromatic N) is 3. The van der Waals surface area contributed by atoms with Gasteiger partial charge in [-0.25, -0.2) is 13.8 Å². The summed E-state index contributed by atoms with van der Waals surface area (Å²) in [7, 11) is 3.78. The summed E-state index contributed by atoms with van der Waals surface area (Å²) in [6.45, 7) is 2.85. The molecule has 0 saturated carbocycles. The fourth-order valence-corrected chi connectivity index (χ4v) is 3.92. The Morgan fingerprint density at radius 1 is 1.14 bits per heavy atom. The second-order valence-corrected chi connectivity index (χ2v) is 7.81. The average Bonchev–Trinajstić information content (AvgIpc) is 3.07. The molecule has 1 amide bonds. The number of carbonyl (C=O) groups excluding carboxylic acids is 1. The molecule has 9 heteroatoms. The van der Waals surface area contributed by atoms with E-state index in [2.05, 4.69) is 4.98 Å². The highest BCUT2D eigenvalue weighted by atomic mass is 35.5. The van der Waals surface area contributed by atoms with E-state index in [0.29, 0.717) is 23.2 Å². The number of likely N-dealkylation sites (N-methyl/N-ethyl adjacent to an activating group) is 1. The Labute approximate surface area is 177 Å². The van der Waals surface area contributed by atoms with Crippen LogP contribution in [0.25, 0.3) is 10.2 Å². The predicted molar refractivity (Wildman–Crippen MR) is 113 cm³/mol. The fraction of sp³-hybridized carbons (Fsp3) is 0.263. The van der Waals surface area contributed by atoms with Crippen molar-refractivity contribution in [3.8, 4) is 0 Å². The molecule has 0 atom stereocenters. The smallest absolute Gasteiger partial charge is 0.260 e. The van der Waals surface area contributed by atoms with E-state index >= 15 is 0 Å². The molecule has 0 spiro atoms. The zero-order valence-electron chi connectivity index (χ0n) is 15.5. The quantitative estimate of drug-likeness (QED) is 0.543. The summed E-state index contributed by atoms with van der Waals surface area (Å²) >= 11 is 7.58. The molecule has 2 aromatic carbocycles. The molecule has 0 saturated heterocycles. The summed E-state index contributed by atoms with van der Waals surface area (Å²) in [4.78, 5) is 21.0. The Bertz CT molecular complexity index is 971. The molecule has 3 aromatic rings. The first-order valence-corrected chi connectivity index (χ1v) is 9.44. The number of hydrogen-bond acceptors (Lipinski definition) is 4. The number of halogens is 4. The monoisotopic (exact) mass is 445 g/mol. The molecule has 3 rings (SSSR count). The number of aryl methyl sites for hydroxylation is 1. The number of anilines is 1. The SMILES string of the molecule is Cc1ccc(Cl)c2sc(N(CCN(C)C)C(=O)c3ccc(F)c(F)c3)nc12.Cl. The van der Waals surface area contributed by atoms with Crippen LogP contribution in [0.5, 0.6) is 0 Å². The molecule has 4 nitrogen and oxygen atoms in total. The van der Waals surface area contributed by atoms with Crippen LogP contribution in [0.2, 0.25) is 5.02 Å². The highest BCUT2D eigenvalue weighted by Gasteiger charge is 2.23. The van der Waals surface area contributed by atoms with Crippen molar-refractivity contribution in [3.05, 3.63) is 58.1 Å². The molecule has 0 fully saturated rings. The molecule has 150 valence electrons. The van der Waals surface area contributed by atoms with Gasteiger partial charge in [0.15, 0.2) is 16.8 Å². The summed E-state index contributed by atoms with van der Waals surface area (Å²) < 4.78 is 27.6. The molecule has 1 heterocycles. The van der Waals surface area contributed by atoms with E-state index in [-0.39, 0.29) is 18.0 Å². The van der Waals surface area contributed by atoms with E-state index in [1.54, 1.807) is 6.07 Å². The number of carbonyl (C=O) groups is 1. The summed E-state index contributed by atoms with van der Waals surface area (Å²) in [5.74, 6) is -2.49. The van der Waals surface area contributed by atoms with Crippen molar-refractivity contribution in [2.24, 2.45) is 0 Å². The van der Waals surface area contributed by atoms with E-state index in [1.165, 1.54) is 22.3 Å². The van der Waals surface area contributed by atoms with Crippen LogP contribution < -0.4 is 4.90 Å². The lowest BCUT2D eigenvalue weighted by molar-refractivity contribution is 0.0984. The fourth-order valence-electron chi connectivity index (χ4n) is 2.58. The van der Waals surface area contributed by atoms with Gasteiger partial charge >= 0.3 is 0 Å². The van der Waals surface area contributed by atoms with Crippen molar-refractivity contribution in [1.82, 2.24) is 9.88 Å². The molecule has 0 aliphatic carbocycles. The molecule has 0 aliphatic heterocycles. The maximum absolute atomic E-state index is 13.6. The van der Waals surface area contributed by atoms with Gasteiger partial charge in [0.2, 0.25) is 0 Å². The summed E-state index contributed by atoms with van der Waals surface area (Å²) in [5.41, 5.74) is 1.75. The number of amides is 1. The first kappa shape index (κ1) is 22.5. The normalized spacial score (nSPS) is 11.0. The van der Waals surface area contributed by atoms with Gasteiger partial charge in [-0.1, -0.05) is 29.0 Å². The molecule has 0 unspecified atom stereocenters. The Morgan fingerprint density at radius 2 is 1.86 bits per heavy atom. The van der Waals surface area contributed by atoms with Crippen molar-refractivity contribution in [2.75, 3.05) is 32.1 Å². The largest absolute Gasteiger partial charge is 0.308 e. The van der Waals surface area contributed by atoms with Crippen molar-refractivity contribution in [3.63, 3.8) is 0 Å². The van der Waals surface area contributed by atoms with Gasteiger partial charge in [-0.05, 0) is 50.8 Å². The topological polar surface area (TPSA) is 36.4 Å². The lowest BCUT2D eigenvalue weighted by Crippen LogP contribution is -2.36. The van der Waals surface area contributed by atoms with Gasteiger partial charge in [-0.15, -0.1) is 12.4 Å². The minimum Gasteiger partial charge on any atom is -0.308 e. The summed E-state index contributed by atoms with van der Waals surface area (Å²) in [5, 5.41) is 1.03. The molecule has 0 N–H and O–H groups in total. The van der Waals surface area contributed by atoms with E-state index in [1.807, 2.05) is 32.0 Å². The van der Waals surface area contributed by atoms with Crippen molar-refractivity contribution >= 4 is 56.6 Å². The average molecular weight is 446 g/mol. The van der Waals surface area contributed by atoms with Gasteiger partial charge < -0.3 is 4.90 Å². The van der Waals surface area contributed by atoms with Crippen LogP contribution in [0.15, 0.2) is 30.3 Å². The van der Waals surface area contributed by atoms with Crippen LogP contribution in [0, 0.1) is 18.6 Å². The van der Waals surface area contributed by atoms with Crippen LogP contribution in [-0.4, -0.2) is 43.0 Å². The van der Waals surface area contributed by atoms with Gasteiger partial charge in [-0.3, -0.25) is 9.69 Å². The second-order valence-electron chi connectivity index (χ2n) is 6.43. The van der Waals surface area contributed by atoms with Gasteiger partial charge in [0.1, 0.15) is 0 Å². The third kappa shape index (κ3) is 4.60. The number of fused-ring (bicyclic) bond motifs is 1. The number of rotatable bonds is 5. The number of benzene rings is 2. The Balaban J connectivity index is 0.00000280. The number of aromatic nitrogens is 1. The predicted octanol–water partition coefficient (Wildman–Crippen LogP) is 5.17. The maximum atomic E-state index is 13.6. The van der Waals surface area contributed by atoms with Crippen LogP contribution >= 0.6 is 35.3 Å². The Hall–Kier alpha value is -1.80. The van der Waals surface area contributed by atoms with E-state index in [0.717, 1.165) is 27.9 Å². The molecular weight excluding hydrogens is 427 g/mol. The van der Waals surface area contributed by atoms with Crippen molar-refractivity contribution in [1.29, 1.82) is 0 Å². The molecule has 0 radical (unpaired) electrons. The zero-order chi connectivity index (χ0) is 19.7. The van der Waals surface area contributed by atoms with Crippen molar-refractivity contribution in [2.45, 2.75) is 6.92 Å². The molecule has 0 bridgehead atoms. The molecule has 28 heavy (non-hydrogen) atoms. The molecule has 1 aromatic heterocycles.